The first-order chi connectivity index (χ1) is 11.0. The molecular weight excluding hydrogens is 294 g/mol. The minimum atomic E-state index is -0.525. The largest absolute Gasteiger partial charge is 0.437 e. The standard InChI is InChI=1S/C18H23NO4/c1-13-11-15(22-16(13)20)7-3-5-9-19-10-6-4-8-18(19)12-14(2)17(21)23-18/h7,11-12H,3-6,8-10H2,1-2H3/b15-7+/t18-/m1/s1. The molecule has 0 aromatic carbocycles. The number of nitrogens with zero attached hydrogens (tertiary/aromatic N) is 1. The fraction of sp³-hybridized carbons (Fsp3) is 0.556. The lowest BCUT2D eigenvalue weighted by Gasteiger charge is -2.42. The smallest absolute Gasteiger partial charge is 0.339 e. The molecule has 0 aliphatic carbocycles. The summed E-state index contributed by atoms with van der Waals surface area (Å²) in [4.78, 5) is 25.3. The van der Waals surface area contributed by atoms with E-state index in [1.165, 1.54) is 0 Å². The summed E-state index contributed by atoms with van der Waals surface area (Å²) < 4.78 is 10.8. The van der Waals surface area contributed by atoms with Gasteiger partial charge in [0, 0.05) is 30.7 Å². The van der Waals surface area contributed by atoms with Crippen molar-refractivity contribution in [1.29, 1.82) is 0 Å². The van der Waals surface area contributed by atoms with Crippen molar-refractivity contribution in [1.82, 2.24) is 4.90 Å². The van der Waals surface area contributed by atoms with E-state index < -0.39 is 5.72 Å². The van der Waals surface area contributed by atoms with Crippen LogP contribution in [0.2, 0.25) is 0 Å². The zero-order valence-corrected chi connectivity index (χ0v) is 13.8. The lowest BCUT2D eigenvalue weighted by atomic mass is 9.97. The van der Waals surface area contributed by atoms with Gasteiger partial charge in [0.05, 0.1) is 0 Å². The van der Waals surface area contributed by atoms with Crippen molar-refractivity contribution in [3.8, 4) is 0 Å². The molecule has 3 rings (SSSR count). The summed E-state index contributed by atoms with van der Waals surface area (Å²) >= 11 is 0. The molecule has 0 N–H and O–H groups in total. The zero-order valence-electron chi connectivity index (χ0n) is 13.8. The second-order valence-electron chi connectivity index (χ2n) is 6.47. The Labute approximate surface area is 136 Å². The molecule has 1 atom stereocenters. The predicted molar refractivity (Wildman–Crippen MR) is 85.2 cm³/mol. The number of piperidine rings is 1. The van der Waals surface area contributed by atoms with E-state index in [2.05, 4.69) is 4.90 Å². The number of carbonyl (C=O) groups is 2. The molecule has 0 saturated carbocycles. The Kier molecular flexibility index (Phi) is 4.39. The van der Waals surface area contributed by atoms with Crippen LogP contribution in [0, 0.1) is 0 Å². The predicted octanol–water partition coefficient (Wildman–Crippen LogP) is 2.84. The van der Waals surface area contributed by atoms with Gasteiger partial charge in [0.2, 0.25) is 0 Å². The molecule has 3 aliphatic rings. The highest BCUT2D eigenvalue weighted by Crippen LogP contribution is 2.36. The molecule has 0 radical (unpaired) electrons. The Morgan fingerprint density at radius 2 is 2.04 bits per heavy atom. The quantitative estimate of drug-likeness (QED) is 0.589. The normalized spacial score (nSPS) is 29.7. The minimum Gasteiger partial charge on any atom is -0.437 e. The van der Waals surface area contributed by atoms with E-state index >= 15 is 0 Å². The SMILES string of the molecule is CC1=C/C(=C\CCCN2CCCC[C@@]23C=C(C)C(=O)O3)OC1=O. The van der Waals surface area contributed by atoms with Gasteiger partial charge in [-0.3, -0.25) is 4.90 Å². The molecule has 0 bridgehead atoms. The number of cyclic esters (lactones) is 1. The van der Waals surface area contributed by atoms with Gasteiger partial charge in [0.15, 0.2) is 5.72 Å². The van der Waals surface area contributed by atoms with Gasteiger partial charge >= 0.3 is 11.9 Å². The first-order valence-electron chi connectivity index (χ1n) is 8.29. The van der Waals surface area contributed by atoms with E-state index in [-0.39, 0.29) is 11.9 Å². The molecule has 0 aromatic heterocycles. The molecule has 0 amide bonds. The fourth-order valence-corrected chi connectivity index (χ4v) is 3.39. The van der Waals surface area contributed by atoms with Crippen LogP contribution in [0.1, 0.15) is 46.0 Å². The second-order valence-corrected chi connectivity index (χ2v) is 6.47. The highest BCUT2D eigenvalue weighted by atomic mass is 16.6. The zero-order chi connectivity index (χ0) is 16.4. The van der Waals surface area contributed by atoms with E-state index in [1.807, 2.05) is 19.1 Å². The molecule has 0 aromatic rings. The van der Waals surface area contributed by atoms with Crippen molar-refractivity contribution in [2.24, 2.45) is 0 Å². The van der Waals surface area contributed by atoms with Crippen molar-refractivity contribution in [2.45, 2.75) is 51.7 Å². The number of likely N-dealkylation sites (tertiary alicyclic amines) is 1. The van der Waals surface area contributed by atoms with Gasteiger partial charge < -0.3 is 9.47 Å². The van der Waals surface area contributed by atoms with Crippen molar-refractivity contribution in [3.63, 3.8) is 0 Å². The number of ether oxygens (including phenoxy) is 2. The lowest BCUT2D eigenvalue weighted by Crippen LogP contribution is -2.51. The summed E-state index contributed by atoms with van der Waals surface area (Å²) in [5, 5.41) is 0. The number of unbranched alkanes of at least 4 members (excludes halogenated alkanes) is 1. The molecular formula is C18H23NO4. The molecule has 1 saturated heterocycles. The van der Waals surface area contributed by atoms with E-state index in [9.17, 15) is 9.59 Å². The minimum absolute atomic E-state index is 0.197. The molecule has 3 aliphatic heterocycles. The van der Waals surface area contributed by atoms with Gasteiger partial charge in [0.25, 0.3) is 0 Å². The third kappa shape index (κ3) is 3.24. The Morgan fingerprint density at radius 3 is 2.70 bits per heavy atom. The van der Waals surface area contributed by atoms with Crippen LogP contribution in [0.15, 0.2) is 35.1 Å². The van der Waals surface area contributed by atoms with Crippen molar-refractivity contribution < 1.29 is 19.1 Å². The summed E-state index contributed by atoms with van der Waals surface area (Å²) in [5.41, 5.74) is 0.824. The summed E-state index contributed by atoms with van der Waals surface area (Å²) in [5.74, 6) is 0.186. The van der Waals surface area contributed by atoms with Crippen LogP contribution >= 0.6 is 0 Å². The summed E-state index contributed by atoms with van der Waals surface area (Å²) in [6, 6.07) is 0. The van der Waals surface area contributed by atoms with Crippen molar-refractivity contribution in [3.05, 3.63) is 35.1 Å². The van der Waals surface area contributed by atoms with Crippen LogP contribution in [0.25, 0.3) is 0 Å². The molecule has 5 nitrogen and oxygen atoms in total. The van der Waals surface area contributed by atoms with Crippen molar-refractivity contribution in [2.75, 3.05) is 13.1 Å². The second kappa shape index (κ2) is 6.32. The Balaban J connectivity index is 1.56. The Bertz CT molecular complexity index is 617. The third-order valence-electron chi connectivity index (χ3n) is 4.65. The first-order valence-corrected chi connectivity index (χ1v) is 8.29. The molecule has 0 unspecified atom stereocenters. The highest BCUT2D eigenvalue weighted by molar-refractivity contribution is 5.92. The topological polar surface area (TPSA) is 55.8 Å². The average molecular weight is 317 g/mol. The van der Waals surface area contributed by atoms with Crippen LogP contribution in [-0.2, 0) is 19.1 Å². The number of rotatable bonds is 4. The van der Waals surface area contributed by atoms with Gasteiger partial charge in [0.1, 0.15) is 5.76 Å². The third-order valence-corrected chi connectivity index (χ3v) is 4.65. The monoisotopic (exact) mass is 317 g/mol. The molecule has 3 heterocycles. The Hall–Kier alpha value is -1.88. The van der Waals surface area contributed by atoms with E-state index in [4.69, 9.17) is 9.47 Å². The number of hydrogen-bond acceptors (Lipinski definition) is 5. The van der Waals surface area contributed by atoms with Crippen LogP contribution in [0.4, 0.5) is 0 Å². The highest BCUT2D eigenvalue weighted by Gasteiger charge is 2.44. The van der Waals surface area contributed by atoms with Gasteiger partial charge in [-0.2, -0.15) is 0 Å². The molecule has 5 heteroatoms. The number of hydrogen-bond donors (Lipinski definition) is 0. The summed E-state index contributed by atoms with van der Waals surface area (Å²) in [6.45, 7) is 5.38. The first kappa shape index (κ1) is 16.0. The maximum atomic E-state index is 11.8. The molecule has 124 valence electrons. The molecule has 1 fully saturated rings. The van der Waals surface area contributed by atoms with Crippen LogP contribution in [-0.4, -0.2) is 35.7 Å². The van der Waals surface area contributed by atoms with Crippen molar-refractivity contribution >= 4 is 11.9 Å². The van der Waals surface area contributed by atoms with Gasteiger partial charge in [-0.15, -0.1) is 0 Å². The van der Waals surface area contributed by atoms with Gasteiger partial charge in [-0.05, 0) is 57.8 Å². The lowest BCUT2D eigenvalue weighted by molar-refractivity contribution is -0.168. The number of carbonyl (C=O) groups excluding carboxylic acids is 2. The van der Waals surface area contributed by atoms with Crippen LogP contribution < -0.4 is 0 Å². The van der Waals surface area contributed by atoms with Crippen LogP contribution in [0.3, 0.4) is 0 Å². The maximum Gasteiger partial charge on any atom is 0.339 e. The molecule has 23 heavy (non-hydrogen) atoms. The van der Waals surface area contributed by atoms with Gasteiger partial charge in [-0.1, -0.05) is 0 Å². The molecule has 1 spiro atoms. The average Bonchev–Trinajstić information content (AvgIpc) is 2.97. The number of esters is 2. The number of allylic oxidation sites excluding steroid dienone is 2. The maximum absolute atomic E-state index is 11.8. The summed E-state index contributed by atoms with van der Waals surface area (Å²) in [7, 11) is 0. The van der Waals surface area contributed by atoms with Gasteiger partial charge in [-0.25, -0.2) is 9.59 Å². The fourth-order valence-electron chi connectivity index (χ4n) is 3.39. The van der Waals surface area contributed by atoms with Crippen LogP contribution in [0.5, 0.6) is 0 Å². The summed E-state index contributed by atoms with van der Waals surface area (Å²) in [6.07, 6.45) is 10.6. The Morgan fingerprint density at radius 1 is 1.22 bits per heavy atom. The van der Waals surface area contributed by atoms with E-state index in [1.54, 1.807) is 13.0 Å². The van der Waals surface area contributed by atoms with E-state index in [0.717, 1.165) is 45.2 Å². The van der Waals surface area contributed by atoms with E-state index in [0.29, 0.717) is 16.9 Å².